The number of hydrogen-bond acceptors (Lipinski definition) is 8. The van der Waals surface area contributed by atoms with Crippen LogP contribution < -0.4 is 4.74 Å². The summed E-state index contributed by atoms with van der Waals surface area (Å²) >= 11 is 0.957. The first kappa shape index (κ1) is 28.6. The Morgan fingerprint density at radius 3 is 2.50 bits per heavy atom. The molecule has 0 aliphatic carbocycles. The Kier molecular flexibility index (Phi) is 9.39. The molecule has 3 aromatic rings. The normalized spacial score (nSPS) is 15.4. The minimum atomic E-state index is -1.30. The summed E-state index contributed by atoms with van der Waals surface area (Å²) < 4.78 is 10.4. The summed E-state index contributed by atoms with van der Waals surface area (Å²) in [5, 5.41) is 20.2. The Hall–Kier alpha value is -4.38. The highest BCUT2D eigenvalue weighted by Gasteiger charge is 2.41. The van der Waals surface area contributed by atoms with E-state index in [4.69, 9.17) is 9.47 Å². The minimum Gasteiger partial charge on any atom is -0.497 e. The number of carbonyl (C=O) groups excluding carboxylic acids is 2. The fourth-order valence-electron chi connectivity index (χ4n) is 4.48. The number of benzene rings is 3. The number of nitrogens with zero attached hydrogens (tertiary/aromatic N) is 2. The van der Waals surface area contributed by atoms with Crippen molar-refractivity contribution in [1.29, 1.82) is 0 Å². The molecule has 0 bridgehead atoms. The van der Waals surface area contributed by atoms with Gasteiger partial charge in [-0.05, 0) is 61.1 Å². The second-order valence-corrected chi connectivity index (χ2v) is 10.5. The number of aryl methyl sites for hydroxylation is 1. The Bertz CT molecular complexity index is 1380. The second-order valence-electron chi connectivity index (χ2n) is 9.22. The van der Waals surface area contributed by atoms with Crippen molar-refractivity contribution in [3.63, 3.8) is 0 Å². The van der Waals surface area contributed by atoms with Crippen LogP contribution in [-0.2, 0) is 22.4 Å². The van der Waals surface area contributed by atoms with Crippen LogP contribution in [0.3, 0.4) is 0 Å². The molecular formula is C29H28N2O8S. The number of hydrogen-bond donors (Lipinski definition) is 1. The van der Waals surface area contributed by atoms with E-state index < -0.39 is 39.9 Å². The molecule has 1 heterocycles. The first-order valence-electron chi connectivity index (χ1n) is 12.6. The minimum absolute atomic E-state index is 0.0517. The van der Waals surface area contributed by atoms with Gasteiger partial charge in [0, 0.05) is 6.07 Å². The quantitative estimate of drug-likeness (QED) is 0.175. The molecule has 0 saturated carbocycles. The average molecular weight is 565 g/mol. The van der Waals surface area contributed by atoms with Gasteiger partial charge in [0.25, 0.3) is 5.69 Å². The van der Waals surface area contributed by atoms with E-state index in [-0.39, 0.29) is 17.1 Å². The molecule has 10 nitrogen and oxygen atoms in total. The van der Waals surface area contributed by atoms with Gasteiger partial charge in [0.15, 0.2) is 0 Å². The van der Waals surface area contributed by atoms with Crippen molar-refractivity contribution < 1.29 is 33.9 Å². The van der Waals surface area contributed by atoms with Crippen molar-refractivity contribution >= 4 is 35.4 Å². The molecule has 2 amide bonds. The third-order valence-corrected chi connectivity index (χ3v) is 7.87. The molecule has 11 heteroatoms. The van der Waals surface area contributed by atoms with Crippen molar-refractivity contribution in [2.24, 2.45) is 0 Å². The lowest BCUT2D eigenvalue weighted by Crippen LogP contribution is -2.44. The molecule has 0 unspecified atom stereocenters. The third-order valence-electron chi connectivity index (χ3n) is 6.55. The fraction of sp³-hybridized carbons (Fsp3) is 0.276. The Morgan fingerprint density at radius 2 is 1.85 bits per heavy atom. The highest BCUT2D eigenvalue weighted by molar-refractivity contribution is 8.00. The van der Waals surface area contributed by atoms with Crippen LogP contribution in [0.1, 0.15) is 34.3 Å². The molecule has 208 valence electrons. The highest BCUT2D eigenvalue weighted by Crippen LogP contribution is 2.36. The summed E-state index contributed by atoms with van der Waals surface area (Å²) in [6.45, 7) is 0.0517. The standard InChI is InChI=1S/C29H28N2O8S/c1-38-23-13-10-19(11-14-23)8-5-9-26(40-25-15-12-21(28(33)34)17-24(25)31(36)37)27(32)30-22(18-39-29(30)35)16-20-6-3-2-4-7-20/h2-4,6-7,10-15,17,22,26H,5,8-9,16,18H2,1H3,(H,33,34)/t22-,26+/m1/s1. The maximum atomic E-state index is 13.9. The van der Waals surface area contributed by atoms with Crippen LogP contribution in [0.25, 0.3) is 0 Å². The molecule has 0 spiro atoms. The number of amides is 2. The number of imide groups is 1. The topological polar surface area (TPSA) is 136 Å². The number of ether oxygens (including phenoxy) is 2. The molecule has 40 heavy (non-hydrogen) atoms. The van der Waals surface area contributed by atoms with E-state index in [1.807, 2.05) is 54.6 Å². The van der Waals surface area contributed by atoms with Crippen LogP contribution in [0.15, 0.2) is 77.7 Å². The van der Waals surface area contributed by atoms with E-state index in [9.17, 15) is 29.6 Å². The molecule has 1 saturated heterocycles. The summed E-state index contributed by atoms with van der Waals surface area (Å²) in [6.07, 6.45) is 1.17. The average Bonchev–Trinajstić information content (AvgIpc) is 3.32. The van der Waals surface area contributed by atoms with Gasteiger partial charge in [-0.2, -0.15) is 0 Å². The van der Waals surface area contributed by atoms with Gasteiger partial charge in [-0.25, -0.2) is 14.5 Å². The Balaban J connectivity index is 1.58. The van der Waals surface area contributed by atoms with Gasteiger partial charge < -0.3 is 14.6 Å². The number of carbonyl (C=O) groups is 3. The van der Waals surface area contributed by atoms with Crippen LogP contribution >= 0.6 is 11.8 Å². The largest absolute Gasteiger partial charge is 0.497 e. The van der Waals surface area contributed by atoms with Gasteiger partial charge in [-0.3, -0.25) is 14.9 Å². The fourth-order valence-corrected chi connectivity index (χ4v) is 5.69. The van der Waals surface area contributed by atoms with Crippen LogP contribution in [0.2, 0.25) is 0 Å². The summed E-state index contributed by atoms with van der Waals surface area (Å²) in [6, 6.07) is 20.0. The van der Waals surface area contributed by atoms with Gasteiger partial charge in [-0.15, -0.1) is 11.8 Å². The van der Waals surface area contributed by atoms with Crippen molar-refractivity contribution in [2.75, 3.05) is 13.7 Å². The van der Waals surface area contributed by atoms with Gasteiger partial charge >= 0.3 is 12.1 Å². The number of thioether (sulfide) groups is 1. The van der Waals surface area contributed by atoms with Gasteiger partial charge in [0.2, 0.25) is 5.91 Å². The zero-order valence-electron chi connectivity index (χ0n) is 21.7. The first-order chi connectivity index (χ1) is 19.3. The maximum absolute atomic E-state index is 13.9. The predicted molar refractivity (Wildman–Crippen MR) is 148 cm³/mol. The Morgan fingerprint density at radius 1 is 1.12 bits per heavy atom. The zero-order chi connectivity index (χ0) is 28.6. The molecule has 4 rings (SSSR count). The lowest BCUT2D eigenvalue weighted by Gasteiger charge is -2.25. The molecule has 1 fully saturated rings. The van der Waals surface area contributed by atoms with E-state index in [1.54, 1.807) is 7.11 Å². The van der Waals surface area contributed by atoms with E-state index >= 15 is 0 Å². The number of methoxy groups -OCH3 is 1. The number of nitro benzene ring substituents is 1. The van der Waals surface area contributed by atoms with E-state index in [0.717, 1.165) is 39.6 Å². The molecule has 1 aliphatic heterocycles. The van der Waals surface area contributed by atoms with Gasteiger partial charge in [-0.1, -0.05) is 42.5 Å². The molecule has 0 radical (unpaired) electrons. The van der Waals surface area contributed by atoms with Crippen LogP contribution in [-0.4, -0.2) is 57.9 Å². The molecule has 2 atom stereocenters. The number of carboxylic acid groups (broad SMARTS) is 1. The second kappa shape index (κ2) is 13.1. The number of nitro groups is 1. The molecule has 1 aliphatic rings. The van der Waals surface area contributed by atoms with Gasteiger partial charge in [0.05, 0.1) is 33.8 Å². The lowest BCUT2D eigenvalue weighted by atomic mass is 10.0. The molecule has 3 aromatic carbocycles. The summed E-state index contributed by atoms with van der Waals surface area (Å²) in [5.41, 5.74) is 1.32. The molecule has 0 aromatic heterocycles. The smallest absolute Gasteiger partial charge is 0.417 e. The van der Waals surface area contributed by atoms with Crippen molar-refractivity contribution in [1.82, 2.24) is 4.90 Å². The maximum Gasteiger partial charge on any atom is 0.417 e. The Labute approximate surface area is 235 Å². The molecule has 1 N–H and O–H groups in total. The number of rotatable bonds is 12. The van der Waals surface area contributed by atoms with E-state index in [0.29, 0.717) is 25.7 Å². The summed E-state index contributed by atoms with van der Waals surface area (Å²) in [7, 11) is 1.58. The monoisotopic (exact) mass is 564 g/mol. The summed E-state index contributed by atoms with van der Waals surface area (Å²) in [4.78, 5) is 50.3. The van der Waals surface area contributed by atoms with Crippen LogP contribution in [0.5, 0.6) is 5.75 Å². The van der Waals surface area contributed by atoms with E-state index in [1.165, 1.54) is 12.1 Å². The lowest BCUT2D eigenvalue weighted by molar-refractivity contribution is -0.387. The third kappa shape index (κ3) is 6.97. The highest BCUT2D eigenvalue weighted by atomic mass is 32.2. The van der Waals surface area contributed by atoms with E-state index in [2.05, 4.69) is 0 Å². The number of aromatic carboxylic acids is 1. The zero-order valence-corrected chi connectivity index (χ0v) is 22.5. The molecular weight excluding hydrogens is 536 g/mol. The first-order valence-corrected chi connectivity index (χ1v) is 13.5. The predicted octanol–water partition coefficient (Wildman–Crippen LogP) is 5.38. The number of cyclic esters (lactones) is 1. The number of carboxylic acids is 1. The van der Waals surface area contributed by atoms with Crippen molar-refractivity contribution in [3.05, 3.63) is 99.6 Å². The SMILES string of the molecule is COc1ccc(CCC[C@H](Sc2ccc(C(=O)O)cc2[N+](=O)[O-])C(=O)N2C(=O)OC[C@H]2Cc2ccccc2)cc1. The van der Waals surface area contributed by atoms with Gasteiger partial charge in [0.1, 0.15) is 12.4 Å². The van der Waals surface area contributed by atoms with Crippen LogP contribution in [0.4, 0.5) is 10.5 Å². The van der Waals surface area contributed by atoms with Crippen molar-refractivity contribution in [2.45, 2.75) is 41.9 Å². The van der Waals surface area contributed by atoms with Crippen molar-refractivity contribution in [3.8, 4) is 5.75 Å². The summed E-state index contributed by atoms with van der Waals surface area (Å²) in [5.74, 6) is -1.07. The van der Waals surface area contributed by atoms with Crippen LogP contribution in [0, 0.1) is 10.1 Å².